The summed E-state index contributed by atoms with van der Waals surface area (Å²) in [4.78, 5) is 1.96. The van der Waals surface area contributed by atoms with Crippen LogP contribution >= 0.6 is 12.2 Å². The molecular formula is C12H20N2O2S. The van der Waals surface area contributed by atoms with Crippen LogP contribution in [0.4, 0.5) is 0 Å². The lowest BCUT2D eigenvalue weighted by Gasteiger charge is -2.19. The van der Waals surface area contributed by atoms with Crippen molar-refractivity contribution >= 4 is 17.3 Å². The van der Waals surface area contributed by atoms with E-state index < -0.39 is 0 Å². The first kappa shape index (κ1) is 14.0. The van der Waals surface area contributed by atoms with Gasteiger partial charge in [-0.25, -0.2) is 0 Å². The topological polar surface area (TPSA) is 37.6 Å². The smallest absolute Gasteiger partial charge is 0.169 e. The molecule has 96 valence electrons. The van der Waals surface area contributed by atoms with E-state index in [4.69, 9.17) is 21.4 Å². The largest absolute Gasteiger partial charge is 0.464 e. The quantitative estimate of drug-likeness (QED) is 0.622. The van der Waals surface area contributed by atoms with Gasteiger partial charge < -0.3 is 19.4 Å². The van der Waals surface area contributed by atoms with Crippen molar-refractivity contribution in [1.29, 1.82) is 0 Å². The number of methoxy groups -OCH3 is 1. The third kappa shape index (κ3) is 5.19. The molecule has 1 heterocycles. The lowest BCUT2D eigenvalue weighted by molar-refractivity contribution is 0.195. The Bertz CT molecular complexity index is 352. The molecule has 1 rings (SSSR count). The van der Waals surface area contributed by atoms with E-state index in [1.807, 2.05) is 31.0 Å². The van der Waals surface area contributed by atoms with Gasteiger partial charge in [-0.15, -0.1) is 0 Å². The maximum absolute atomic E-state index is 5.50. The van der Waals surface area contributed by atoms with Crippen molar-refractivity contribution in [2.45, 2.75) is 19.9 Å². The van der Waals surface area contributed by atoms with Gasteiger partial charge in [-0.05, 0) is 37.7 Å². The van der Waals surface area contributed by atoms with E-state index in [2.05, 4.69) is 5.32 Å². The Hall–Kier alpha value is -1.07. The van der Waals surface area contributed by atoms with E-state index in [-0.39, 0.29) is 0 Å². The van der Waals surface area contributed by atoms with Crippen molar-refractivity contribution in [2.24, 2.45) is 0 Å². The number of ether oxygens (including phenoxy) is 1. The van der Waals surface area contributed by atoms with Crippen LogP contribution in [0, 0.1) is 6.92 Å². The van der Waals surface area contributed by atoms with E-state index in [0.29, 0.717) is 6.54 Å². The Labute approximate surface area is 108 Å². The fourth-order valence-corrected chi connectivity index (χ4v) is 1.59. The predicted molar refractivity (Wildman–Crippen MR) is 72.0 cm³/mol. The minimum atomic E-state index is 0.684. The van der Waals surface area contributed by atoms with Gasteiger partial charge in [0.05, 0.1) is 6.54 Å². The van der Waals surface area contributed by atoms with Crippen molar-refractivity contribution in [1.82, 2.24) is 10.2 Å². The fraction of sp³-hybridized carbons (Fsp3) is 0.583. The average Bonchev–Trinajstić information content (AvgIpc) is 2.70. The molecule has 0 saturated heterocycles. The lowest BCUT2D eigenvalue weighted by Crippen LogP contribution is -2.37. The van der Waals surface area contributed by atoms with Gasteiger partial charge in [-0.3, -0.25) is 0 Å². The van der Waals surface area contributed by atoms with Crippen LogP contribution in [0.25, 0.3) is 0 Å². The molecule has 0 aliphatic heterocycles. The predicted octanol–water partition coefficient (Wildman–Crippen LogP) is 1.93. The van der Waals surface area contributed by atoms with Crippen molar-refractivity contribution < 1.29 is 9.15 Å². The Balaban J connectivity index is 2.27. The molecule has 0 saturated carbocycles. The maximum atomic E-state index is 5.50. The Morgan fingerprint density at radius 1 is 1.53 bits per heavy atom. The number of hydrogen-bond donors (Lipinski definition) is 1. The van der Waals surface area contributed by atoms with Gasteiger partial charge >= 0.3 is 0 Å². The number of nitrogens with one attached hydrogen (secondary N) is 1. The van der Waals surface area contributed by atoms with Crippen LogP contribution in [-0.4, -0.2) is 37.3 Å². The number of nitrogens with zero attached hydrogens (tertiary/aromatic N) is 1. The first-order valence-electron chi connectivity index (χ1n) is 5.66. The zero-order valence-electron chi connectivity index (χ0n) is 10.7. The van der Waals surface area contributed by atoms with E-state index in [9.17, 15) is 0 Å². The maximum Gasteiger partial charge on any atom is 0.169 e. The molecule has 4 nitrogen and oxygen atoms in total. The third-order valence-electron chi connectivity index (χ3n) is 2.34. The van der Waals surface area contributed by atoms with Crippen LogP contribution in [0.1, 0.15) is 17.9 Å². The molecule has 0 radical (unpaired) electrons. The lowest BCUT2D eigenvalue weighted by atomic mass is 10.4. The summed E-state index contributed by atoms with van der Waals surface area (Å²) in [6.45, 7) is 4.19. The number of thiocarbonyl (C=S) groups is 1. The van der Waals surface area contributed by atoms with Crippen molar-refractivity contribution in [2.75, 3.05) is 27.3 Å². The molecule has 0 bridgehead atoms. The van der Waals surface area contributed by atoms with Gasteiger partial charge in [0.15, 0.2) is 5.11 Å². The van der Waals surface area contributed by atoms with E-state index in [1.165, 1.54) is 0 Å². The van der Waals surface area contributed by atoms with Gasteiger partial charge in [0.1, 0.15) is 11.5 Å². The minimum Gasteiger partial charge on any atom is -0.464 e. The third-order valence-corrected chi connectivity index (χ3v) is 2.79. The first-order valence-corrected chi connectivity index (χ1v) is 6.07. The summed E-state index contributed by atoms with van der Waals surface area (Å²) in [5, 5.41) is 3.91. The van der Waals surface area contributed by atoms with Gasteiger partial charge in [-0.2, -0.15) is 0 Å². The summed E-state index contributed by atoms with van der Waals surface area (Å²) in [7, 11) is 3.65. The zero-order valence-corrected chi connectivity index (χ0v) is 11.5. The summed E-state index contributed by atoms with van der Waals surface area (Å²) in [5.74, 6) is 1.85. The summed E-state index contributed by atoms with van der Waals surface area (Å²) in [5.41, 5.74) is 0. The molecule has 1 aromatic heterocycles. The van der Waals surface area contributed by atoms with Crippen LogP contribution in [0.2, 0.25) is 0 Å². The van der Waals surface area contributed by atoms with E-state index in [1.54, 1.807) is 7.11 Å². The van der Waals surface area contributed by atoms with E-state index in [0.717, 1.165) is 36.2 Å². The van der Waals surface area contributed by atoms with Gasteiger partial charge in [0, 0.05) is 27.3 Å². The number of furan rings is 1. The van der Waals surface area contributed by atoms with Crippen LogP contribution in [0.15, 0.2) is 16.5 Å². The van der Waals surface area contributed by atoms with Crippen LogP contribution in [0.3, 0.4) is 0 Å². The molecule has 0 fully saturated rings. The second-order valence-corrected chi connectivity index (χ2v) is 4.33. The zero-order chi connectivity index (χ0) is 12.7. The van der Waals surface area contributed by atoms with Crippen molar-refractivity contribution in [3.63, 3.8) is 0 Å². The molecule has 0 aliphatic carbocycles. The molecular weight excluding hydrogens is 236 g/mol. The molecule has 0 atom stereocenters. The van der Waals surface area contributed by atoms with Gasteiger partial charge in [0.25, 0.3) is 0 Å². The summed E-state index contributed by atoms with van der Waals surface area (Å²) >= 11 is 5.26. The summed E-state index contributed by atoms with van der Waals surface area (Å²) < 4.78 is 10.5. The van der Waals surface area contributed by atoms with Crippen molar-refractivity contribution in [3.8, 4) is 0 Å². The molecule has 0 aromatic carbocycles. The molecule has 5 heteroatoms. The normalized spacial score (nSPS) is 10.3. The highest BCUT2D eigenvalue weighted by Crippen LogP contribution is 2.08. The van der Waals surface area contributed by atoms with Crippen LogP contribution in [-0.2, 0) is 11.3 Å². The van der Waals surface area contributed by atoms with Crippen molar-refractivity contribution in [3.05, 3.63) is 23.7 Å². The number of aryl methyl sites for hydroxylation is 1. The highest BCUT2D eigenvalue weighted by atomic mass is 32.1. The molecule has 0 aliphatic rings. The Morgan fingerprint density at radius 2 is 2.29 bits per heavy atom. The van der Waals surface area contributed by atoms with Gasteiger partial charge in [-0.1, -0.05) is 0 Å². The Morgan fingerprint density at radius 3 is 2.88 bits per heavy atom. The standard InChI is InChI=1S/C12H20N2O2S/c1-10-5-6-11(16-10)9-14(2)12(17)13-7-4-8-15-3/h5-6H,4,7-9H2,1-3H3,(H,13,17). The van der Waals surface area contributed by atoms with E-state index >= 15 is 0 Å². The average molecular weight is 256 g/mol. The van der Waals surface area contributed by atoms with Crippen LogP contribution in [0.5, 0.6) is 0 Å². The van der Waals surface area contributed by atoms with Gasteiger partial charge in [0.2, 0.25) is 0 Å². The second kappa shape index (κ2) is 7.29. The molecule has 0 spiro atoms. The fourth-order valence-electron chi connectivity index (χ4n) is 1.42. The molecule has 0 unspecified atom stereocenters. The number of hydrogen-bond acceptors (Lipinski definition) is 3. The first-order chi connectivity index (χ1) is 8.13. The summed E-state index contributed by atoms with van der Waals surface area (Å²) in [6, 6.07) is 3.93. The highest BCUT2D eigenvalue weighted by Gasteiger charge is 2.06. The Kier molecular flexibility index (Phi) is 6.00. The minimum absolute atomic E-state index is 0.684. The molecule has 0 amide bonds. The summed E-state index contributed by atoms with van der Waals surface area (Å²) in [6.07, 6.45) is 0.949. The molecule has 1 aromatic rings. The molecule has 17 heavy (non-hydrogen) atoms. The monoisotopic (exact) mass is 256 g/mol. The van der Waals surface area contributed by atoms with Crippen LogP contribution < -0.4 is 5.32 Å². The SMILES string of the molecule is COCCCNC(=S)N(C)Cc1ccc(C)o1. The molecule has 1 N–H and O–H groups in total. The number of rotatable bonds is 6. The highest BCUT2D eigenvalue weighted by molar-refractivity contribution is 7.80. The second-order valence-electron chi connectivity index (χ2n) is 3.95.